The van der Waals surface area contributed by atoms with Crippen molar-refractivity contribution in [3.05, 3.63) is 29.4 Å². The first-order valence-electron chi connectivity index (χ1n) is 4.66. The van der Waals surface area contributed by atoms with Crippen LogP contribution >= 0.6 is 0 Å². The summed E-state index contributed by atoms with van der Waals surface area (Å²) in [4.78, 5) is 11.6. The molecule has 4 N–H and O–H groups in total. The van der Waals surface area contributed by atoms with Gasteiger partial charge in [0.25, 0.3) is 5.91 Å². The summed E-state index contributed by atoms with van der Waals surface area (Å²) in [6.45, 7) is 2.07. The van der Waals surface area contributed by atoms with Gasteiger partial charge in [0.2, 0.25) is 0 Å². The molecule has 0 aliphatic heterocycles. The van der Waals surface area contributed by atoms with Gasteiger partial charge < -0.3 is 15.6 Å². The number of amides is 1. The number of nitrogens with one attached hydrogen (secondary N) is 2. The fourth-order valence-corrected chi connectivity index (χ4v) is 1.23. The number of rotatable bonds is 3. The van der Waals surface area contributed by atoms with Crippen molar-refractivity contribution in [2.45, 2.75) is 13.5 Å². The zero-order chi connectivity index (χ0) is 11.5. The summed E-state index contributed by atoms with van der Waals surface area (Å²) in [5, 5.41) is 12.5. The molecule has 0 aliphatic rings. The number of nitrogens with zero attached hydrogens (tertiary/aromatic N) is 2. The maximum absolute atomic E-state index is 11.6. The molecule has 0 saturated carbocycles. The second kappa shape index (κ2) is 4.05. The van der Waals surface area contributed by atoms with E-state index < -0.39 is 0 Å². The van der Waals surface area contributed by atoms with Gasteiger partial charge in [0, 0.05) is 6.07 Å². The molecule has 0 aliphatic carbocycles. The number of hydrogen-bond donors (Lipinski definition) is 3. The van der Waals surface area contributed by atoms with Gasteiger partial charge in [0.05, 0.1) is 24.1 Å². The second-order valence-electron chi connectivity index (χ2n) is 3.32. The topological polar surface area (TPSA) is 110 Å². The van der Waals surface area contributed by atoms with Gasteiger partial charge in [0.15, 0.2) is 5.76 Å². The number of carbonyl (C=O) groups is 1. The van der Waals surface area contributed by atoms with E-state index in [2.05, 4.69) is 20.7 Å². The molecule has 1 amide bonds. The molecule has 84 valence electrons. The molecule has 16 heavy (non-hydrogen) atoms. The molecule has 0 spiro atoms. The zero-order valence-corrected chi connectivity index (χ0v) is 8.65. The fourth-order valence-electron chi connectivity index (χ4n) is 1.23. The van der Waals surface area contributed by atoms with Crippen molar-refractivity contribution in [2.24, 2.45) is 0 Å². The minimum Gasteiger partial charge on any atom is -0.396 e. The van der Waals surface area contributed by atoms with E-state index in [0.29, 0.717) is 11.4 Å². The molecular weight excluding hydrogens is 210 g/mol. The lowest BCUT2D eigenvalue weighted by Crippen LogP contribution is -2.23. The van der Waals surface area contributed by atoms with Crippen LogP contribution in [0.1, 0.15) is 21.9 Å². The third kappa shape index (κ3) is 2.02. The first-order valence-corrected chi connectivity index (χ1v) is 4.66. The standard InChI is InChI=1S/C9H11N5O2/c1-5-2-6(16-14-5)3-11-9(15)8-7(10)4-12-13-8/h2,4H,3,10H2,1H3,(H,11,15)(H,12,13). The number of nitrogens with two attached hydrogens (primary N) is 1. The Balaban J connectivity index is 1.96. The average molecular weight is 221 g/mol. The predicted molar refractivity (Wildman–Crippen MR) is 55.4 cm³/mol. The average Bonchev–Trinajstić information content (AvgIpc) is 2.84. The number of aryl methyl sites for hydroxylation is 1. The smallest absolute Gasteiger partial charge is 0.271 e. The third-order valence-electron chi connectivity index (χ3n) is 2.00. The maximum Gasteiger partial charge on any atom is 0.271 e. The van der Waals surface area contributed by atoms with Crippen LogP contribution in [0.5, 0.6) is 0 Å². The van der Waals surface area contributed by atoms with Gasteiger partial charge in [0.1, 0.15) is 5.69 Å². The lowest BCUT2D eigenvalue weighted by atomic mass is 10.3. The van der Waals surface area contributed by atoms with Gasteiger partial charge in [-0.2, -0.15) is 5.10 Å². The summed E-state index contributed by atoms with van der Waals surface area (Å²) in [5.41, 5.74) is 6.85. The third-order valence-corrected chi connectivity index (χ3v) is 2.00. The number of anilines is 1. The van der Waals surface area contributed by atoms with Crippen LogP contribution < -0.4 is 11.1 Å². The summed E-state index contributed by atoms with van der Waals surface area (Å²) in [5.74, 6) is 0.257. The summed E-state index contributed by atoms with van der Waals surface area (Å²) in [7, 11) is 0. The summed E-state index contributed by atoms with van der Waals surface area (Å²) < 4.78 is 4.94. The maximum atomic E-state index is 11.6. The van der Waals surface area contributed by atoms with E-state index in [0.717, 1.165) is 5.69 Å². The summed E-state index contributed by atoms with van der Waals surface area (Å²) in [6.07, 6.45) is 1.38. The van der Waals surface area contributed by atoms with E-state index in [1.165, 1.54) is 6.20 Å². The molecular formula is C9H11N5O2. The van der Waals surface area contributed by atoms with Crippen LogP contribution in [0.15, 0.2) is 16.8 Å². The first kappa shape index (κ1) is 10.2. The van der Waals surface area contributed by atoms with E-state index in [-0.39, 0.29) is 18.1 Å². The summed E-state index contributed by atoms with van der Waals surface area (Å²) in [6, 6.07) is 1.75. The Morgan fingerprint density at radius 1 is 1.69 bits per heavy atom. The molecule has 0 fully saturated rings. The van der Waals surface area contributed by atoms with E-state index in [9.17, 15) is 4.79 Å². The van der Waals surface area contributed by atoms with Crippen LogP contribution in [0.25, 0.3) is 0 Å². The lowest BCUT2D eigenvalue weighted by Gasteiger charge is -2.00. The molecule has 2 rings (SSSR count). The Hall–Kier alpha value is -2.31. The highest BCUT2D eigenvalue weighted by Gasteiger charge is 2.11. The van der Waals surface area contributed by atoms with Gasteiger partial charge >= 0.3 is 0 Å². The molecule has 7 heteroatoms. The first-order chi connectivity index (χ1) is 7.66. The van der Waals surface area contributed by atoms with Crippen molar-refractivity contribution in [3.8, 4) is 0 Å². The largest absolute Gasteiger partial charge is 0.396 e. The predicted octanol–water partition coefficient (Wildman–Crippen LogP) is 0.218. The van der Waals surface area contributed by atoms with Crippen LogP contribution in [-0.2, 0) is 6.54 Å². The van der Waals surface area contributed by atoms with Crippen LogP contribution in [0, 0.1) is 6.92 Å². The summed E-state index contributed by atoms with van der Waals surface area (Å²) >= 11 is 0. The number of aromatic amines is 1. The fraction of sp³-hybridized carbons (Fsp3) is 0.222. The molecule has 2 aromatic rings. The van der Waals surface area contributed by atoms with E-state index in [1.54, 1.807) is 6.07 Å². The molecule has 2 aromatic heterocycles. The van der Waals surface area contributed by atoms with Crippen molar-refractivity contribution < 1.29 is 9.32 Å². The van der Waals surface area contributed by atoms with Crippen LogP contribution in [0.2, 0.25) is 0 Å². The molecule has 7 nitrogen and oxygen atoms in total. The van der Waals surface area contributed by atoms with E-state index >= 15 is 0 Å². The SMILES string of the molecule is Cc1cc(CNC(=O)c2[nH]ncc2N)on1. The van der Waals surface area contributed by atoms with E-state index in [1.807, 2.05) is 6.92 Å². The number of carbonyl (C=O) groups excluding carboxylic acids is 1. The highest BCUT2D eigenvalue weighted by molar-refractivity contribution is 5.96. The van der Waals surface area contributed by atoms with Gasteiger partial charge in [-0.05, 0) is 6.92 Å². The Kier molecular flexibility index (Phi) is 2.59. The normalized spacial score (nSPS) is 10.3. The van der Waals surface area contributed by atoms with Gasteiger partial charge in [-0.15, -0.1) is 0 Å². The van der Waals surface area contributed by atoms with E-state index in [4.69, 9.17) is 10.3 Å². The molecule has 0 unspecified atom stereocenters. The minimum absolute atomic E-state index is 0.247. The molecule has 2 heterocycles. The Bertz CT molecular complexity index is 501. The van der Waals surface area contributed by atoms with Crippen molar-refractivity contribution in [1.29, 1.82) is 0 Å². The Morgan fingerprint density at radius 2 is 2.50 bits per heavy atom. The number of hydrogen-bond acceptors (Lipinski definition) is 5. The minimum atomic E-state index is -0.330. The van der Waals surface area contributed by atoms with Crippen molar-refractivity contribution in [1.82, 2.24) is 20.7 Å². The van der Waals surface area contributed by atoms with Gasteiger partial charge in [-0.25, -0.2) is 0 Å². The Morgan fingerprint density at radius 3 is 3.06 bits per heavy atom. The Labute approximate surface area is 91.0 Å². The zero-order valence-electron chi connectivity index (χ0n) is 8.65. The molecule has 0 aromatic carbocycles. The highest BCUT2D eigenvalue weighted by atomic mass is 16.5. The number of aromatic nitrogens is 3. The molecule has 0 saturated heterocycles. The van der Waals surface area contributed by atoms with Crippen LogP contribution in [0.4, 0.5) is 5.69 Å². The van der Waals surface area contributed by atoms with Crippen molar-refractivity contribution in [3.63, 3.8) is 0 Å². The van der Waals surface area contributed by atoms with Crippen molar-refractivity contribution in [2.75, 3.05) is 5.73 Å². The second-order valence-corrected chi connectivity index (χ2v) is 3.32. The molecule has 0 bridgehead atoms. The molecule has 0 atom stereocenters. The monoisotopic (exact) mass is 221 g/mol. The van der Waals surface area contributed by atoms with Crippen LogP contribution in [-0.4, -0.2) is 21.3 Å². The quantitative estimate of drug-likeness (QED) is 0.686. The highest BCUT2D eigenvalue weighted by Crippen LogP contribution is 2.06. The number of H-pyrrole nitrogens is 1. The van der Waals surface area contributed by atoms with Gasteiger partial charge in [-0.1, -0.05) is 5.16 Å². The lowest BCUT2D eigenvalue weighted by molar-refractivity contribution is 0.0943. The van der Waals surface area contributed by atoms with Crippen LogP contribution in [0.3, 0.4) is 0 Å². The van der Waals surface area contributed by atoms with Crippen molar-refractivity contribution >= 4 is 11.6 Å². The molecule has 0 radical (unpaired) electrons. The van der Waals surface area contributed by atoms with Gasteiger partial charge in [-0.3, -0.25) is 9.89 Å². The number of nitrogen functional groups attached to an aromatic ring is 1.